The van der Waals surface area contributed by atoms with E-state index < -0.39 is 0 Å². The topological polar surface area (TPSA) is 72.2 Å². The number of rotatable bonds is 8. The normalized spacial score (nSPS) is 14.9. The number of hydrogen-bond donors (Lipinski definition) is 0. The molecule has 0 unspecified atom stereocenters. The molecule has 2 aliphatic rings. The molecule has 2 heterocycles. The van der Waals surface area contributed by atoms with Gasteiger partial charge in [0.1, 0.15) is 12.3 Å². The van der Waals surface area contributed by atoms with E-state index in [1.165, 1.54) is 0 Å². The molecule has 29 heavy (non-hydrogen) atoms. The molecule has 1 saturated carbocycles. The quantitative estimate of drug-likeness (QED) is 0.683. The summed E-state index contributed by atoms with van der Waals surface area (Å²) in [4.78, 5) is 29.3. The van der Waals surface area contributed by atoms with Crippen molar-refractivity contribution < 1.29 is 23.5 Å². The third kappa shape index (κ3) is 4.55. The number of hydrogen-bond acceptors (Lipinski definition) is 5. The standard InChI is InChI=1S/C22H26N2O5/c1-15(2)22(26)24(17-6-7-17)13-21(25)23(12-18-4-3-9-27-18)11-16-5-8-19-20(10-16)29-14-28-19/h3-5,8-10,15,17H,6-7,11-14H2,1-2H3. The van der Waals surface area contributed by atoms with Crippen LogP contribution in [0.2, 0.25) is 0 Å². The molecule has 1 aliphatic heterocycles. The zero-order chi connectivity index (χ0) is 20.4. The molecule has 7 heteroatoms. The molecule has 0 atom stereocenters. The van der Waals surface area contributed by atoms with E-state index >= 15 is 0 Å². The lowest BCUT2D eigenvalue weighted by molar-refractivity contribution is -0.143. The predicted octanol–water partition coefficient (Wildman–Crippen LogP) is 3.18. The molecular formula is C22H26N2O5. The summed E-state index contributed by atoms with van der Waals surface area (Å²) in [5.74, 6) is 1.90. The zero-order valence-electron chi connectivity index (χ0n) is 16.8. The van der Waals surface area contributed by atoms with Crippen LogP contribution in [-0.4, -0.2) is 41.0 Å². The Hall–Kier alpha value is -2.96. The zero-order valence-corrected chi connectivity index (χ0v) is 16.8. The van der Waals surface area contributed by atoms with Gasteiger partial charge < -0.3 is 23.7 Å². The molecule has 0 N–H and O–H groups in total. The summed E-state index contributed by atoms with van der Waals surface area (Å²) in [5.41, 5.74) is 0.933. The minimum absolute atomic E-state index is 0.0295. The molecule has 1 aromatic carbocycles. The smallest absolute Gasteiger partial charge is 0.242 e. The van der Waals surface area contributed by atoms with Gasteiger partial charge in [-0.15, -0.1) is 0 Å². The SMILES string of the molecule is CC(C)C(=O)N(CC(=O)N(Cc1ccc2c(c1)OCO2)Cc1ccco1)C1CC1. The van der Waals surface area contributed by atoms with Crippen molar-refractivity contribution in [1.82, 2.24) is 9.80 Å². The van der Waals surface area contributed by atoms with E-state index in [9.17, 15) is 9.59 Å². The van der Waals surface area contributed by atoms with E-state index in [0.29, 0.717) is 30.3 Å². The van der Waals surface area contributed by atoms with Crippen molar-refractivity contribution in [1.29, 1.82) is 0 Å². The van der Waals surface area contributed by atoms with Gasteiger partial charge in [0.05, 0.1) is 12.8 Å². The van der Waals surface area contributed by atoms with Crippen LogP contribution in [0.25, 0.3) is 0 Å². The third-order valence-corrected chi connectivity index (χ3v) is 5.16. The molecule has 1 fully saturated rings. The molecule has 0 spiro atoms. The van der Waals surface area contributed by atoms with Crippen molar-refractivity contribution in [3.63, 3.8) is 0 Å². The summed E-state index contributed by atoms with van der Waals surface area (Å²) < 4.78 is 16.3. The fourth-order valence-electron chi connectivity index (χ4n) is 3.43. The monoisotopic (exact) mass is 398 g/mol. The van der Waals surface area contributed by atoms with E-state index in [4.69, 9.17) is 13.9 Å². The Balaban J connectivity index is 1.51. The van der Waals surface area contributed by atoms with Crippen LogP contribution >= 0.6 is 0 Å². The van der Waals surface area contributed by atoms with Crippen LogP contribution in [0.3, 0.4) is 0 Å². The van der Waals surface area contributed by atoms with Gasteiger partial charge in [-0.25, -0.2) is 0 Å². The van der Waals surface area contributed by atoms with Crippen LogP contribution in [0.1, 0.15) is 38.0 Å². The van der Waals surface area contributed by atoms with E-state index in [2.05, 4.69) is 0 Å². The average molecular weight is 398 g/mol. The second kappa shape index (κ2) is 8.19. The van der Waals surface area contributed by atoms with E-state index in [0.717, 1.165) is 18.4 Å². The molecular weight excluding hydrogens is 372 g/mol. The van der Waals surface area contributed by atoms with Gasteiger partial charge in [-0.2, -0.15) is 0 Å². The minimum Gasteiger partial charge on any atom is -0.467 e. The summed E-state index contributed by atoms with van der Waals surface area (Å²) in [5, 5.41) is 0. The second-order valence-corrected chi connectivity index (χ2v) is 7.87. The van der Waals surface area contributed by atoms with Gasteiger partial charge in [0.2, 0.25) is 18.6 Å². The number of carbonyl (C=O) groups is 2. The molecule has 0 radical (unpaired) electrons. The molecule has 2 aromatic rings. The number of furan rings is 1. The van der Waals surface area contributed by atoms with Crippen LogP contribution in [0.4, 0.5) is 0 Å². The van der Waals surface area contributed by atoms with Crippen LogP contribution in [0, 0.1) is 5.92 Å². The first-order valence-corrected chi connectivity index (χ1v) is 10.0. The highest BCUT2D eigenvalue weighted by Crippen LogP contribution is 2.33. The van der Waals surface area contributed by atoms with Crippen molar-refractivity contribution >= 4 is 11.8 Å². The first kappa shape index (κ1) is 19.4. The molecule has 4 rings (SSSR count). The lowest BCUT2D eigenvalue weighted by Gasteiger charge is -2.28. The highest BCUT2D eigenvalue weighted by Gasteiger charge is 2.35. The Labute approximate surface area is 170 Å². The minimum atomic E-state index is -0.129. The maximum absolute atomic E-state index is 13.2. The van der Waals surface area contributed by atoms with Crippen molar-refractivity contribution in [3.8, 4) is 11.5 Å². The fraction of sp³-hybridized carbons (Fsp3) is 0.455. The summed E-state index contributed by atoms with van der Waals surface area (Å²) in [7, 11) is 0. The van der Waals surface area contributed by atoms with Crippen LogP contribution < -0.4 is 9.47 Å². The number of amides is 2. The first-order chi connectivity index (χ1) is 14.0. The number of ether oxygens (including phenoxy) is 2. The van der Waals surface area contributed by atoms with Crippen LogP contribution in [0.5, 0.6) is 11.5 Å². The molecule has 154 valence electrons. The second-order valence-electron chi connectivity index (χ2n) is 7.87. The predicted molar refractivity (Wildman–Crippen MR) is 105 cm³/mol. The van der Waals surface area contributed by atoms with Crippen molar-refractivity contribution in [2.24, 2.45) is 5.92 Å². The average Bonchev–Trinajstić information content (AvgIpc) is 3.21. The van der Waals surface area contributed by atoms with Gasteiger partial charge >= 0.3 is 0 Å². The first-order valence-electron chi connectivity index (χ1n) is 10.0. The summed E-state index contributed by atoms with van der Waals surface area (Å²) in [6.07, 6.45) is 3.52. The van der Waals surface area contributed by atoms with Crippen molar-refractivity contribution in [2.45, 2.75) is 45.8 Å². The van der Waals surface area contributed by atoms with Gasteiger partial charge in [0, 0.05) is 18.5 Å². The lowest BCUT2D eigenvalue weighted by Crippen LogP contribution is -2.44. The Morgan fingerprint density at radius 2 is 1.90 bits per heavy atom. The molecule has 1 aromatic heterocycles. The molecule has 1 aliphatic carbocycles. The van der Waals surface area contributed by atoms with Gasteiger partial charge in [0.15, 0.2) is 11.5 Å². The van der Waals surface area contributed by atoms with Crippen LogP contribution in [0.15, 0.2) is 41.0 Å². The third-order valence-electron chi connectivity index (χ3n) is 5.16. The van der Waals surface area contributed by atoms with Gasteiger partial charge in [-0.05, 0) is 42.7 Å². The number of benzene rings is 1. The van der Waals surface area contributed by atoms with Gasteiger partial charge in [0.25, 0.3) is 0 Å². The molecule has 2 amide bonds. The fourth-order valence-corrected chi connectivity index (χ4v) is 3.43. The summed E-state index contributed by atoms with van der Waals surface area (Å²) in [6, 6.07) is 9.50. The molecule has 0 saturated heterocycles. The summed E-state index contributed by atoms with van der Waals surface area (Å²) >= 11 is 0. The van der Waals surface area contributed by atoms with Gasteiger partial charge in [-0.1, -0.05) is 19.9 Å². The van der Waals surface area contributed by atoms with Crippen LogP contribution in [-0.2, 0) is 22.7 Å². The number of fused-ring (bicyclic) bond motifs is 1. The largest absolute Gasteiger partial charge is 0.467 e. The number of nitrogens with zero attached hydrogens (tertiary/aromatic N) is 2. The maximum Gasteiger partial charge on any atom is 0.242 e. The lowest BCUT2D eigenvalue weighted by atomic mass is 10.1. The molecule has 0 bridgehead atoms. The van der Waals surface area contributed by atoms with Crippen molar-refractivity contribution in [3.05, 3.63) is 47.9 Å². The van der Waals surface area contributed by atoms with E-state index in [1.54, 1.807) is 22.1 Å². The van der Waals surface area contributed by atoms with E-state index in [-0.39, 0.29) is 37.1 Å². The van der Waals surface area contributed by atoms with Gasteiger partial charge in [-0.3, -0.25) is 9.59 Å². The Morgan fingerprint density at radius 3 is 2.59 bits per heavy atom. The Morgan fingerprint density at radius 1 is 1.10 bits per heavy atom. The highest BCUT2D eigenvalue weighted by atomic mass is 16.7. The van der Waals surface area contributed by atoms with Crippen molar-refractivity contribution in [2.75, 3.05) is 13.3 Å². The number of carbonyl (C=O) groups excluding carboxylic acids is 2. The Kier molecular flexibility index (Phi) is 5.47. The summed E-state index contributed by atoms with van der Waals surface area (Å²) in [6.45, 7) is 4.78. The highest BCUT2D eigenvalue weighted by molar-refractivity contribution is 5.86. The van der Waals surface area contributed by atoms with E-state index in [1.807, 2.05) is 38.1 Å². The molecule has 7 nitrogen and oxygen atoms in total. The maximum atomic E-state index is 13.2. The Bertz CT molecular complexity index is 873.